The predicted molar refractivity (Wildman–Crippen MR) is 69.2 cm³/mol. The standard InChI is InChI=1S/C13H20N2OS/c1-10-3-2-5-13(9-10)12(14-6-7-16-13)11-4-8-17-15-11/h4,8,10,12,14H,2-3,5-7,9H2,1H3. The van der Waals surface area contributed by atoms with Crippen LogP contribution >= 0.6 is 11.5 Å². The van der Waals surface area contributed by atoms with E-state index >= 15 is 0 Å². The van der Waals surface area contributed by atoms with Gasteiger partial charge in [0.25, 0.3) is 0 Å². The third-order valence-electron chi connectivity index (χ3n) is 4.11. The molecule has 0 bridgehead atoms. The van der Waals surface area contributed by atoms with Gasteiger partial charge in [-0.05, 0) is 36.4 Å². The van der Waals surface area contributed by atoms with Crippen molar-refractivity contribution in [2.75, 3.05) is 13.2 Å². The maximum absolute atomic E-state index is 6.22. The number of nitrogens with zero attached hydrogens (tertiary/aromatic N) is 1. The van der Waals surface area contributed by atoms with Crippen LogP contribution < -0.4 is 5.32 Å². The van der Waals surface area contributed by atoms with E-state index in [1.807, 2.05) is 0 Å². The molecule has 1 N–H and O–H groups in total. The smallest absolute Gasteiger partial charge is 0.0895 e. The van der Waals surface area contributed by atoms with Crippen molar-refractivity contribution in [3.05, 3.63) is 17.1 Å². The molecular weight excluding hydrogens is 232 g/mol. The van der Waals surface area contributed by atoms with Crippen molar-refractivity contribution in [2.45, 2.75) is 44.2 Å². The number of morpholine rings is 1. The largest absolute Gasteiger partial charge is 0.372 e. The average molecular weight is 252 g/mol. The van der Waals surface area contributed by atoms with Gasteiger partial charge in [-0.1, -0.05) is 19.8 Å². The first-order valence-electron chi connectivity index (χ1n) is 6.58. The molecule has 1 spiro atoms. The first kappa shape index (κ1) is 11.6. The van der Waals surface area contributed by atoms with Gasteiger partial charge in [-0.25, -0.2) is 0 Å². The average Bonchev–Trinajstić information content (AvgIpc) is 2.83. The summed E-state index contributed by atoms with van der Waals surface area (Å²) in [6.07, 6.45) is 4.97. The zero-order valence-corrected chi connectivity index (χ0v) is 11.1. The first-order valence-corrected chi connectivity index (χ1v) is 7.41. The summed E-state index contributed by atoms with van der Waals surface area (Å²) in [6, 6.07) is 2.43. The van der Waals surface area contributed by atoms with Crippen LogP contribution in [0.3, 0.4) is 0 Å². The predicted octanol–water partition coefficient (Wildman–Crippen LogP) is 2.75. The lowest BCUT2D eigenvalue weighted by Gasteiger charge is -2.48. The lowest BCUT2D eigenvalue weighted by Crippen LogP contribution is -2.54. The minimum Gasteiger partial charge on any atom is -0.372 e. The second kappa shape index (κ2) is 4.67. The molecule has 4 heteroatoms. The summed E-state index contributed by atoms with van der Waals surface area (Å²) in [7, 11) is 0. The van der Waals surface area contributed by atoms with E-state index in [0.717, 1.165) is 19.1 Å². The van der Waals surface area contributed by atoms with Crippen LogP contribution in [-0.4, -0.2) is 23.1 Å². The molecule has 1 saturated heterocycles. The van der Waals surface area contributed by atoms with Crippen LogP contribution in [0, 0.1) is 5.92 Å². The summed E-state index contributed by atoms with van der Waals surface area (Å²) >= 11 is 1.54. The van der Waals surface area contributed by atoms with E-state index in [1.54, 1.807) is 0 Å². The van der Waals surface area contributed by atoms with Crippen LogP contribution in [0.15, 0.2) is 11.4 Å². The number of aromatic nitrogens is 1. The number of nitrogens with one attached hydrogen (secondary N) is 1. The van der Waals surface area contributed by atoms with E-state index in [4.69, 9.17) is 4.74 Å². The summed E-state index contributed by atoms with van der Waals surface area (Å²) in [5, 5.41) is 5.68. The van der Waals surface area contributed by atoms with Crippen LogP contribution in [0.5, 0.6) is 0 Å². The van der Waals surface area contributed by atoms with Gasteiger partial charge in [0.05, 0.1) is 23.9 Å². The van der Waals surface area contributed by atoms with Crippen LogP contribution in [0.25, 0.3) is 0 Å². The zero-order chi connectivity index (χ0) is 11.7. The maximum atomic E-state index is 6.22. The quantitative estimate of drug-likeness (QED) is 0.834. The third kappa shape index (κ3) is 2.14. The number of hydrogen-bond acceptors (Lipinski definition) is 4. The normalized spacial score (nSPS) is 38.4. The molecule has 1 aliphatic carbocycles. The maximum Gasteiger partial charge on any atom is 0.0895 e. The summed E-state index contributed by atoms with van der Waals surface area (Å²) < 4.78 is 10.7. The number of ether oxygens (including phenoxy) is 1. The van der Waals surface area contributed by atoms with Crippen LogP contribution in [0.4, 0.5) is 0 Å². The molecule has 0 amide bonds. The molecule has 3 unspecified atom stereocenters. The zero-order valence-electron chi connectivity index (χ0n) is 10.3. The fourth-order valence-corrected chi connectivity index (χ4v) is 3.96. The van der Waals surface area contributed by atoms with Crippen molar-refractivity contribution in [3.8, 4) is 0 Å². The molecule has 3 atom stereocenters. The number of rotatable bonds is 1. The highest BCUT2D eigenvalue weighted by Gasteiger charge is 2.46. The van der Waals surface area contributed by atoms with E-state index < -0.39 is 0 Å². The molecule has 1 aliphatic heterocycles. The van der Waals surface area contributed by atoms with Gasteiger partial charge in [-0.15, -0.1) is 0 Å². The van der Waals surface area contributed by atoms with Crippen LogP contribution in [0.1, 0.15) is 44.3 Å². The molecule has 1 aromatic heterocycles. The Morgan fingerprint density at radius 3 is 3.29 bits per heavy atom. The molecule has 1 aromatic rings. The topological polar surface area (TPSA) is 34.1 Å². The molecule has 3 rings (SSSR count). The van der Waals surface area contributed by atoms with Gasteiger partial charge < -0.3 is 10.1 Å². The van der Waals surface area contributed by atoms with E-state index in [-0.39, 0.29) is 5.60 Å². The van der Waals surface area contributed by atoms with Crippen molar-refractivity contribution >= 4 is 11.5 Å². The van der Waals surface area contributed by atoms with Crippen molar-refractivity contribution in [1.29, 1.82) is 0 Å². The molecule has 2 aliphatic rings. The Morgan fingerprint density at radius 2 is 2.53 bits per heavy atom. The second-order valence-electron chi connectivity index (χ2n) is 5.43. The minimum absolute atomic E-state index is 0.00396. The van der Waals surface area contributed by atoms with Crippen molar-refractivity contribution in [1.82, 2.24) is 9.69 Å². The Bertz CT molecular complexity index is 364. The van der Waals surface area contributed by atoms with Crippen molar-refractivity contribution in [3.63, 3.8) is 0 Å². The SMILES string of the molecule is CC1CCCC2(C1)OCCNC2c1ccsn1. The highest BCUT2D eigenvalue weighted by atomic mass is 32.1. The Balaban J connectivity index is 1.88. The Morgan fingerprint density at radius 1 is 1.59 bits per heavy atom. The molecular formula is C13H20N2OS. The van der Waals surface area contributed by atoms with Gasteiger partial charge in [-0.3, -0.25) is 0 Å². The third-order valence-corrected chi connectivity index (χ3v) is 4.68. The van der Waals surface area contributed by atoms with Gasteiger partial charge in [0, 0.05) is 11.9 Å². The Kier molecular flexibility index (Phi) is 3.19. The Hall–Kier alpha value is -0.450. The number of hydrogen-bond donors (Lipinski definition) is 1. The minimum atomic E-state index is 0.00396. The highest BCUT2D eigenvalue weighted by molar-refractivity contribution is 7.03. The fraction of sp³-hybridized carbons (Fsp3) is 0.769. The van der Waals surface area contributed by atoms with E-state index in [1.165, 1.54) is 42.9 Å². The first-order chi connectivity index (χ1) is 8.30. The summed E-state index contributed by atoms with van der Waals surface area (Å²) in [5.74, 6) is 0.768. The van der Waals surface area contributed by atoms with Crippen molar-refractivity contribution in [2.24, 2.45) is 5.92 Å². The van der Waals surface area contributed by atoms with Gasteiger partial charge in [0.2, 0.25) is 0 Å². The van der Waals surface area contributed by atoms with Crippen LogP contribution in [-0.2, 0) is 4.74 Å². The van der Waals surface area contributed by atoms with E-state index in [9.17, 15) is 0 Å². The molecule has 94 valence electrons. The summed E-state index contributed by atoms with van der Waals surface area (Å²) in [4.78, 5) is 0. The molecule has 2 fully saturated rings. The van der Waals surface area contributed by atoms with Gasteiger partial charge in [0.15, 0.2) is 0 Å². The highest BCUT2D eigenvalue weighted by Crippen LogP contribution is 2.44. The molecule has 0 aromatic carbocycles. The molecule has 2 heterocycles. The van der Waals surface area contributed by atoms with E-state index in [0.29, 0.717) is 6.04 Å². The van der Waals surface area contributed by atoms with Crippen molar-refractivity contribution < 1.29 is 4.74 Å². The van der Waals surface area contributed by atoms with Gasteiger partial charge in [0.1, 0.15) is 0 Å². The van der Waals surface area contributed by atoms with E-state index in [2.05, 4.69) is 28.1 Å². The van der Waals surface area contributed by atoms with Gasteiger partial charge in [-0.2, -0.15) is 4.37 Å². The lowest BCUT2D eigenvalue weighted by molar-refractivity contribution is -0.129. The molecule has 1 saturated carbocycles. The van der Waals surface area contributed by atoms with Crippen LogP contribution in [0.2, 0.25) is 0 Å². The van der Waals surface area contributed by atoms with Gasteiger partial charge >= 0.3 is 0 Å². The molecule has 0 radical (unpaired) electrons. The second-order valence-corrected chi connectivity index (χ2v) is 6.09. The summed E-state index contributed by atoms with van der Waals surface area (Å²) in [5.41, 5.74) is 1.17. The Labute approximate surface area is 107 Å². The molecule has 3 nitrogen and oxygen atoms in total. The monoisotopic (exact) mass is 252 g/mol. The lowest BCUT2D eigenvalue weighted by atomic mass is 9.73. The molecule has 17 heavy (non-hydrogen) atoms. The fourth-order valence-electron chi connectivity index (χ4n) is 3.41. The summed E-state index contributed by atoms with van der Waals surface area (Å²) in [6.45, 7) is 4.13.